The van der Waals surface area contributed by atoms with Gasteiger partial charge in [0, 0.05) is 43.3 Å². The van der Waals surface area contributed by atoms with Gasteiger partial charge < -0.3 is 14.5 Å². The minimum Gasteiger partial charge on any atom is -0.378 e. The maximum absolute atomic E-state index is 6.25. The first-order valence-electron chi connectivity index (χ1n) is 9.97. The van der Waals surface area contributed by atoms with Crippen LogP contribution in [0.3, 0.4) is 0 Å². The van der Waals surface area contributed by atoms with E-state index in [1.165, 1.54) is 22.5 Å². The fourth-order valence-electron chi connectivity index (χ4n) is 4.83. The lowest BCUT2D eigenvalue weighted by Gasteiger charge is -2.45. The van der Waals surface area contributed by atoms with Crippen molar-refractivity contribution < 1.29 is 4.74 Å². The summed E-state index contributed by atoms with van der Waals surface area (Å²) in [4.78, 5) is 4.58. The summed E-state index contributed by atoms with van der Waals surface area (Å²) in [5, 5.41) is 0. The number of anilines is 2. The molecule has 1 atom stereocenters. The van der Waals surface area contributed by atoms with Gasteiger partial charge in [-0.05, 0) is 30.7 Å². The molecule has 4 rings (SSSR count). The number of benzene rings is 2. The standard InChI is InChI=1S/C15H21NO.C9H13N/c1-11(2)15-14(3,4)12-7-5-6-8-13(12)16(15)9-10-17-15;1-8-4-6-9(7-5-8)10(2)3/h5-8,11H,9-10H2,1-4H3;4-7H,1-3H3. The Morgan fingerprint density at radius 1 is 1.00 bits per heavy atom. The molecule has 3 heteroatoms. The van der Waals surface area contributed by atoms with Crippen LogP contribution in [0.5, 0.6) is 0 Å². The zero-order chi connectivity index (χ0) is 19.8. The monoisotopic (exact) mass is 366 g/mol. The number of aryl methyl sites for hydroxylation is 1. The summed E-state index contributed by atoms with van der Waals surface area (Å²) >= 11 is 0. The second-order valence-electron chi connectivity index (χ2n) is 8.72. The lowest BCUT2D eigenvalue weighted by atomic mass is 9.73. The molecule has 1 unspecified atom stereocenters. The van der Waals surface area contributed by atoms with Gasteiger partial charge in [-0.25, -0.2) is 0 Å². The zero-order valence-electron chi connectivity index (χ0n) is 17.9. The van der Waals surface area contributed by atoms with Crippen molar-refractivity contribution in [3.8, 4) is 0 Å². The van der Waals surface area contributed by atoms with Gasteiger partial charge in [0.15, 0.2) is 5.72 Å². The van der Waals surface area contributed by atoms with Gasteiger partial charge in [-0.1, -0.05) is 63.6 Å². The second kappa shape index (κ2) is 7.20. The molecule has 2 aliphatic heterocycles. The molecule has 0 saturated carbocycles. The molecule has 1 fully saturated rings. The van der Waals surface area contributed by atoms with Crippen LogP contribution in [-0.2, 0) is 10.2 Å². The first kappa shape index (κ1) is 19.8. The predicted molar refractivity (Wildman–Crippen MR) is 116 cm³/mol. The van der Waals surface area contributed by atoms with Gasteiger partial charge in [0.2, 0.25) is 0 Å². The summed E-state index contributed by atoms with van der Waals surface area (Å²) in [6.45, 7) is 13.1. The number of fused-ring (bicyclic) bond motifs is 3. The minimum atomic E-state index is -0.156. The Labute approximate surface area is 164 Å². The van der Waals surface area contributed by atoms with Crippen LogP contribution < -0.4 is 9.80 Å². The Morgan fingerprint density at radius 3 is 2.22 bits per heavy atom. The van der Waals surface area contributed by atoms with E-state index >= 15 is 0 Å². The molecule has 3 nitrogen and oxygen atoms in total. The van der Waals surface area contributed by atoms with E-state index in [0.29, 0.717) is 5.92 Å². The quantitative estimate of drug-likeness (QED) is 0.724. The van der Waals surface area contributed by atoms with Crippen molar-refractivity contribution in [3.05, 3.63) is 59.7 Å². The molecule has 27 heavy (non-hydrogen) atoms. The molecule has 0 amide bonds. The van der Waals surface area contributed by atoms with Crippen molar-refractivity contribution >= 4 is 11.4 Å². The first-order chi connectivity index (χ1) is 12.7. The maximum Gasteiger partial charge on any atom is 0.152 e. The van der Waals surface area contributed by atoms with Crippen LogP contribution in [0.15, 0.2) is 48.5 Å². The highest BCUT2D eigenvalue weighted by molar-refractivity contribution is 5.66. The molecule has 0 radical (unpaired) electrons. The molecule has 0 spiro atoms. The Bertz CT molecular complexity index is 779. The summed E-state index contributed by atoms with van der Waals surface area (Å²) < 4.78 is 6.25. The van der Waals surface area contributed by atoms with Crippen LogP contribution in [0.4, 0.5) is 11.4 Å². The zero-order valence-corrected chi connectivity index (χ0v) is 17.9. The van der Waals surface area contributed by atoms with Crippen molar-refractivity contribution in [1.82, 2.24) is 0 Å². The smallest absolute Gasteiger partial charge is 0.152 e. The van der Waals surface area contributed by atoms with E-state index in [9.17, 15) is 0 Å². The Balaban J connectivity index is 0.000000180. The summed E-state index contributed by atoms with van der Waals surface area (Å²) in [6.07, 6.45) is 0. The average Bonchev–Trinajstić information content (AvgIpc) is 3.15. The number of hydrogen-bond acceptors (Lipinski definition) is 3. The highest BCUT2D eigenvalue weighted by atomic mass is 16.5. The third kappa shape index (κ3) is 3.12. The molecule has 2 aliphatic rings. The molecular weight excluding hydrogens is 332 g/mol. The summed E-state index contributed by atoms with van der Waals surface area (Å²) in [6, 6.07) is 17.2. The summed E-state index contributed by atoms with van der Waals surface area (Å²) in [5.74, 6) is 0.479. The maximum atomic E-state index is 6.25. The van der Waals surface area contributed by atoms with E-state index in [2.05, 4.69) is 92.9 Å². The van der Waals surface area contributed by atoms with E-state index in [-0.39, 0.29) is 11.1 Å². The highest BCUT2D eigenvalue weighted by Gasteiger charge is 2.61. The van der Waals surface area contributed by atoms with Gasteiger partial charge in [-0.2, -0.15) is 0 Å². The minimum absolute atomic E-state index is 0.0499. The summed E-state index contributed by atoms with van der Waals surface area (Å²) in [7, 11) is 4.09. The number of nitrogens with zero attached hydrogens (tertiary/aromatic N) is 2. The van der Waals surface area contributed by atoms with Crippen LogP contribution >= 0.6 is 0 Å². The topological polar surface area (TPSA) is 15.7 Å². The van der Waals surface area contributed by atoms with Gasteiger partial charge in [-0.15, -0.1) is 0 Å². The Morgan fingerprint density at radius 2 is 1.63 bits per heavy atom. The Kier molecular flexibility index (Phi) is 5.27. The lowest BCUT2D eigenvalue weighted by Crippen LogP contribution is -2.57. The summed E-state index contributed by atoms with van der Waals surface area (Å²) in [5.41, 5.74) is 5.25. The van der Waals surface area contributed by atoms with Gasteiger partial charge in [0.1, 0.15) is 0 Å². The predicted octanol–water partition coefficient (Wildman–Crippen LogP) is 5.23. The molecular formula is C24H34N2O. The number of rotatable bonds is 2. The fraction of sp³-hybridized carbons (Fsp3) is 0.500. The Hall–Kier alpha value is -2.00. The molecule has 2 heterocycles. The first-order valence-corrected chi connectivity index (χ1v) is 9.97. The number of ether oxygens (including phenoxy) is 1. The van der Waals surface area contributed by atoms with Crippen LogP contribution in [0.1, 0.15) is 38.8 Å². The van der Waals surface area contributed by atoms with Crippen LogP contribution in [0.25, 0.3) is 0 Å². The number of para-hydroxylation sites is 1. The van der Waals surface area contributed by atoms with E-state index in [1.807, 2.05) is 14.1 Å². The van der Waals surface area contributed by atoms with E-state index in [4.69, 9.17) is 4.74 Å². The molecule has 0 aromatic heterocycles. The van der Waals surface area contributed by atoms with Crippen LogP contribution in [-0.4, -0.2) is 33.0 Å². The van der Waals surface area contributed by atoms with Gasteiger partial charge in [-0.3, -0.25) is 0 Å². The number of hydrogen-bond donors (Lipinski definition) is 0. The van der Waals surface area contributed by atoms with Crippen molar-refractivity contribution in [2.24, 2.45) is 5.92 Å². The average molecular weight is 367 g/mol. The van der Waals surface area contributed by atoms with Crippen molar-refractivity contribution in [2.45, 2.75) is 45.8 Å². The van der Waals surface area contributed by atoms with Crippen molar-refractivity contribution in [2.75, 3.05) is 37.0 Å². The molecule has 0 aliphatic carbocycles. The van der Waals surface area contributed by atoms with Gasteiger partial charge in [0.05, 0.1) is 6.61 Å². The van der Waals surface area contributed by atoms with Crippen LogP contribution in [0.2, 0.25) is 0 Å². The van der Waals surface area contributed by atoms with Gasteiger partial charge >= 0.3 is 0 Å². The molecule has 1 saturated heterocycles. The van der Waals surface area contributed by atoms with Crippen molar-refractivity contribution in [1.29, 1.82) is 0 Å². The molecule has 146 valence electrons. The molecule has 0 N–H and O–H groups in total. The third-order valence-electron chi connectivity index (χ3n) is 6.13. The van der Waals surface area contributed by atoms with E-state index < -0.39 is 0 Å². The lowest BCUT2D eigenvalue weighted by molar-refractivity contribution is -0.0749. The SMILES string of the molecule is CC(C)C12OCCN1c1ccccc1C2(C)C.Cc1ccc(N(C)C)cc1. The van der Waals surface area contributed by atoms with Gasteiger partial charge in [0.25, 0.3) is 0 Å². The second-order valence-corrected chi connectivity index (χ2v) is 8.72. The highest BCUT2D eigenvalue weighted by Crippen LogP contribution is 2.56. The van der Waals surface area contributed by atoms with E-state index in [1.54, 1.807) is 0 Å². The molecule has 0 bridgehead atoms. The largest absolute Gasteiger partial charge is 0.378 e. The third-order valence-corrected chi connectivity index (χ3v) is 6.13. The molecule has 2 aromatic rings. The van der Waals surface area contributed by atoms with E-state index in [0.717, 1.165) is 13.2 Å². The van der Waals surface area contributed by atoms with Crippen LogP contribution in [0, 0.1) is 12.8 Å². The normalized spacial score (nSPS) is 22.1. The fourth-order valence-corrected chi connectivity index (χ4v) is 4.83. The van der Waals surface area contributed by atoms with Crippen molar-refractivity contribution in [3.63, 3.8) is 0 Å². The molecule has 2 aromatic carbocycles.